The first-order chi connectivity index (χ1) is 24.5. The summed E-state index contributed by atoms with van der Waals surface area (Å²) in [5.74, 6) is 0.512. The van der Waals surface area contributed by atoms with Crippen molar-refractivity contribution in [1.29, 1.82) is 0 Å². The van der Waals surface area contributed by atoms with Crippen molar-refractivity contribution in [2.75, 3.05) is 62.7 Å². The third-order valence-electron chi connectivity index (χ3n) is 7.85. The lowest BCUT2D eigenvalue weighted by molar-refractivity contribution is -0.142. The van der Waals surface area contributed by atoms with Crippen molar-refractivity contribution in [1.82, 2.24) is 0 Å². The zero-order chi connectivity index (χ0) is 36.3. The molecule has 0 unspecified atom stereocenters. The molecule has 2 N–H and O–H groups in total. The summed E-state index contributed by atoms with van der Waals surface area (Å²) in [6, 6.07) is 5.83. The van der Waals surface area contributed by atoms with Gasteiger partial charge < -0.3 is 29.2 Å². The number of rotatable bonds is 34. The molecule has 0 bridgehead atoms. The minimum atomic E-state index is -0.591. The Bertz CT molecular complexity index is 927. The highest BCUT2D eigenvalue weighted by atomic mass is 32.2. The molecule has 10 nitrogen and oxygen atoms in total. The van der Waals surface area contributed by atoms with Crippen LogP contribution in [0.2, 0.25) is 0 Å². The highest BCUT2D eigenvalue weighted by molar-refractivity contribution is 8.00. The standard InChI is InChI=1S/C38H62O10S2/c39-23-15-11-7-3-1-5-9-13-17-29-49-31-35(41)45-25-27-47-37(43)33-19-21-34(22-20-33)38(44)48-28-26-46-36(42)32-50-30-18-14-10-6-2-4-8-12-16-24-40/h19-22,39-40H,1-18,23-32H2. The van der Waals surface area contributed by atoms with E-state index >= 15 is 0 Å². The third kappa shape index (κ3) is 27.4. The van der Waals surface area contributed by atoms with Crippen molar-refractivity contribution >= 4 is 47.4 Å². The quantitative estimate of drug-likeness (QED) is 0.0408. The van der Waals surface area contributed by atoms with Gasteiger partial charge in [-0.05, 0) is 61.5 Å². The maximum absolute atomic E-state index is 12.3. The van der Waals surface area contributed by atoms with Crippen molar-refractivity contribution in [2.45, 2.75) is 116 Å². The normalized spacial score (nSPS) is 10.9. The van der Waals surface area contributed by atoms with E-state index in [1.54, 1.807) is 23.5 Å². The second-order valence-corrected chi connectivity index (χ2v) is 14.4. The fraction of sp³-hybridized carbons (Fsp3) is 0.737. The molecular weight excluding hydrogens is 681 g/mol. The van der Waals surface area contributed by atoms with E-state index in [0.29, 0.717) is 0 Å². The zero-order valence-corrected chi connectivity index (χ0v) is 31.7. The van der Waals surface area contributed by atoms with Crippen molar-refractivity contribution in [3.63, 3.8) is 0 Å². The van der Waals surface area contributed by atoms with Gasteiger partial charge in [-0.1, -0.05) is 89.9 Å². The van der Waals surface area contributed by atoms with Crippen molar-refractivity contribution in [2.24, 2.45) is 0 Å². The summed E-state index contributed by atoms with van der Waals surface area (Å²) in [5.41, 5.74) is 0.503. The molecule has 0 aliphatic rings. The number of hydrogen-bond donors (Lipinski definition) is 2. The highest BCUT2D eigenvalue weighted by Gasteiger charge is 2.12. The lowest BCUT2D eigenvalue weighted by Crippen LogP contribution is -2.16. The average molecular weight is 743 g/mol. The van der Waals surface area contributed by atoms with E-state index < -0.39 is 11.9 Å². The van der Waals surface area contributed by atoms with Gasteiger partial charge in [0.15, 0.2) is 0 Å². The van der Waals surface area contributed by atoms with Gasteiger partial charge in [-0.15, -0.1) is 0 Å². The number of carbonyl (C=O) groups excluding carboxylic acids is 4. The highest BCUT2D eigenvalue weighted by Crippen LogP contribution is 2.14. The van der Waals surface area contributed by atoms with Gasteiger partial charge in [-0.2, -0.15) is 23.5 Å². The van der Waals surface area contributed by atoms with E-state index in [1.165, 1.54) is 88.5 Å². The van der Waals surface area contributed by atoms with Gasteiger partial charge in [0.05, 0.1) is 22.6 Å². The Balaban J connectivity index is 2.01. The molecule has 0 fully saturated rings. The van der Waals surface area contributed by atoms with Gasteiger partial charge in [-0.3, -0.25) is 9.59 Å². The Labute approximate surface area is 308 Å². The molecule has 0 saturated carbocycles. The van der Waals surface area contributed by atoms with Crippen LogP contribution in [0.1, 0.15) is 136 Å². The first kappa shape index (κ1) is 45.7. The largest absolute Gasteiger partial charge is 0.461 e. The van der Waals surface area contributed by atoms with Crippen LogP contribution in [0, 0.1) is 0 Å². The zero-order valence-electron chi connectivity index (χ0n) is 30.1. The van der Waals surface area contributed by atoms with Crippen molar-refractivity contribution in [3.8, 4) is 0 Å². The molecule has 0 saturated heterocycles. The fourth-order valence-corrected chi connectivity index (χ4v) is 6.60. The number of aliphatic hydroxyl groups is 2. The molecule has 0 aromatic heterocycles. The van der Waals surface area contributed by atoms with Gasteiger partial charge in [0, 0.05) is 13.2 Å². The van der Waals surface area contributed by atoms with E-state index in [4.69, 9.17) is 29.2 Å². The van der Waals surface area contributed by atoms with Crippen LogP contribution in [-0.4, -0.2) is 96.7 Å². The molecule has 0 radical (unpaired) electrons. The summed E-state index contributed by atoms with van der Waals surface area (Å²) in [7, 11) is 0. The van der Waals surface area contributed by atoms with Crippen LogP contribution in [0.15, 0.2) is 24.3 Å². The summed E-state index contributed by atoms with van der Waals surface area (Å²) >= 11 is 3.10. The SMILES string of the molecule is O=C(CSCCCCCCCCCCCO)OCCOC(=O)c1ccc(C(=O)OCCOC(=O)CSCCCCCCCCCCCO)cc1. The number of benzene rings is 1. The van der Waals surface area contributed by atoms with Gasteiger partial charge in [-0.25, -0.2) is 9.59 Å². The Morgan fingerprint density at radius 3 is 1.02 bits per heavy atom. The van der Waals surface area contributed by atoms with Gasteiger partial charge >= 0.3 is 23.9 Å². The monoisotopic (exact) mass is 742 g/mol. The van der Waals surface area contributed by atoms with E-state index in [-0.39, 0.29) is 74.2 Å². The van der Waals surface area contributed by atoms with Gasteiger partial charge in [0.2, 0.25) is 0 Å². The molecule has 0 aliphatic heterocycles. The topological polar surface area (TPSA) is 146 Å². The molecule has 50 heavy (non-hydrogen) atoms. The van der Waals surface area contributed by atoms with Crippen LogP contribution >= 0.6 is 23.5 Å². The minimum Gasteiger partial charge on any atom is -0.461 e. The second kappa shape index (κ2) is 33.8. The van der Waals surface area contributed by atoms with Gasteiger partial charge in [0.25, 0.3) is 0 Å². The first-order valence-electron chi connectivity index (χ1n) is 18.6. The predicted octanol–water partition coefficient (Wildman–Crippen LogP) is 7.56. The number of aliphatic hydroxyl groups excluding tert-OH is 2. The van der Waals surface area contributed by atoms with E-state index in [0.717, 1.165) is 62.9 Å². The summed E-state index contributed by atoms with van der Waals surface area (Å²) < 4.78 is 20.6. The fourth-order valence-electron chi connectivity index (χ4n) is 4.99. The second-order valence-electron chi connectivity index (χ2n) is 12.2. The first-order valence-corrected chi connectivity index (χ1v) is 20.9. The molecule has 0 atom stereocenters. The molecule has 0 amide bonds. The predicted molar refractivity (Wildman–Crippen MR) is 201 cm³/mol. The lowest BCUT2D eigenvalue weighted by Gasteiger charge is -2.08. The van der Waals surface area contributed by atoms with E-state index in [1.807, 2.05) is 0 Å². The average Bonchev–Trinajstić information content (AvgIpc) is 3.12. The van der Waals surface area contributed by atoms with Crippen molar-refractivity contribution in [3.05, 3.63) is 35.4 Å². The van der Waals surface area contributed by atoms with E-state index in [2.05, 4.69) is 0 Å². The summed E-state index contributed by atoms with van der Waals surface area (Å²) in [6.07, 6.45) is 20.7. The van der Waals surface area contributed by atoms with Crippen LogP contribution in [-0.2, 0) is 28.5 Å². The number of thioether (sulfide) groups is 2. The van der Waals surface area contributed by atoms with Gasteiger partial charge in [0.1, 0.15) is 26.4 Å². The summed E-state index contributed by atoms with van der Waals surface area (Å²) in [4.78, 5) is 48.4. The smallest absolute Gasteiger partial charge is 0.338 e. The van der Waals surface area contributed by atoms with Crippen LogP contribution < -0.4 is 0 Å². The Morgan fingerprint density at radius 2 is 0.700 bits per heavy atom. The molecule has 0 aliphatic carbocycles. The molecule has 1 rings (SSSR count). The Morgan fingerprint density at radius 1 is 0.420 bits per heavy atom. The van der Waals surface area contributed by atoms with Crippen molar-refractivity contribution < 1.29 is 48.3 Å². The summed E-state index contributed by atoms with van der Waals surface area (Å²) in [5, 5.41) is 17.6. The summed E-state index contributed by atoms with van der Waals surface area (Å²) in [6.45, 7) is 0.402. The Hall–Kier alpha value is -2.28. The number of carbonyl (C=O) groups is 4. The number of esters is 4. The van der Waals surface area contributed by atoms with E-state index in [9.17, 15) is 19.2 Å². The third-order valence-corrected chi connectivity index (χ3v) is 9.88. The maximum Gasteiger partial charge on any atom is 0.338 e. The Kier molecular flexibility index (Phi) is 31.0. The molecule has 1 aromatic rings. The molecule has 286 valence electrons. The molecule has 0 heterocycles. The molecule has 1 aromatic carbocycles. The molecule has 12 heteroatoms. The van der Waals surface area contributed by atoms with Crippen LogP contribution in [0.25, 0.3) is 0 Å². The van der Waals surface area contributed by atoms with Crippen LogP contribution in [0.5, 0.6) is 0 Å². The number of unbranched alkanes of at least 4 members (excludes halogenated alkanes) is 16. The van der Waals surface area contributed by atoms with Crippen LogP contribution in [0.3, 0.4) is 0 Å². The van der Waals surface area contributed by atoms with Crippen LogP contribution in [0.4, 0.5) is 0 Å². The molecular formula is C38H62O10S2. The lowest BCUT2D eigenvalue weighted by atomic mass is 10.1. The number of hydrogen-bond acceptors (Lipinski definition) is 12. The number of ether oxygens (including phenoxy) is 4. The maximum atomic E-state index is 12.3. The minimum absolute atomic E-state index is 0.0225. The molecule has 0 spiro atoms.